The molecule has 0 spiro atoms. The van der Waals surface area contributed by atoms with Crippen LogP contribution in [-0.4, -0.2) is 13.1 Å². The van der Waals surface area contributed by atoms with E-state index in [1.165, 1.54) is 6.07 Å². The maximum Gasteiger partial charge on any atom is 0.123 e. The van der Waals surface area contributed by atoms with Gasteiger partial charge in [-0.05, 0) is 43.0 Å². The normalized spacial score (nSPS) is 13.8. The van der Waals surface area contributed by atoms with Gasteiger partial charge in [0, 0.05) is 6.04 Å². The van der Waals surface area contributed by atoms with Gasteiger partial charge >= 0.3 is 0 Å². The molecule has 0 amide bonds. The molecule has 90 valence electrons. The minimum atomic E-state index is -0.151. The van der Waals surface area contributed by atoms with Crippen LogP contribution in [0.15, 0.2) is 24.3 Å². The lowest BCUT2D eigenvalue weighted by Gasteiger charge is -2.33. The lowest BCUT2D eigenvalue weighted by molar-refractivity contribution is 0.240. The van der Waals surface area contributed by atoms with Crippen molar-refractivity contribution >= 4 is 0 Å². The summed E-state index contributed by atoms with van der Waals surface area (Å²) >= 11 is 0. The molecule has 2 heteroatoms. The Morgan fingerprint density at radius 1 is 1.38 bits per heavy atom. The molecule has 1 unspecified atom stereocenters. The van der Waals surface area contributed by atoms with E-state index >= 15 is 0 Å². The second-order valence-electron chi connectivity index (χ2n) is 5.02. The molecule has 1 N–H and O–H groups in total. The summed E-state index contributed by atoms with van der Waals surface area (Å²) in [7, 11) is 1.97. The average Bonchev–Trinajstić information content (AvgIpc) is 2.25. The number of likely N-dealkylation sites (N-methyl/N-ethyl adjacent to an activating group) is 1. The van der Waals surface area contributed by atoms with Gasteiger partial charge in [-0.1, -0.05) is 32.9 Å². The van der Waals surface area contributed by atoms with Gasteiger partial charge in [0.15, 0.2) is 0 Å². The topological polar surface area (TPSA) is 12.0 Å². The van der Waals surface area contributed by atoms with Gasteiger partial charge in [0.25, 0.3) is 0 Å². The zero-order valence-electron chi connectivity index (χ0n) is 10.7. The molecule has 16 heavy (non-hydrogen) atoms. The number of benzene rings is 1. The summed E-state index contributed by atoms with van der Waals surface area (Å²) in [5.41, 5.74) is 1.28. The Balaban J connectivity index is 2.78. The fourth-order valence-corrected chi connectivity index (χ4v) is 1.92. The first kappa shape index (κ1) is 13.2. The van der Waals surface area contributed by atoms with Crippen LogP contribution in [0.25, 0.3) is 0 Å². The van der Waals surface area contributed by atoms with Crippen LogP contribution in [0.4, 0.5) is 4.39 Å². The Hall–Kier alpha value is -0.890. The van der Waals surface area contributed by atoms with Crippen LogP contribution in [0.2, 0.25) is 0 Å². The van der Waals surface area contributed by atoms with E-state index in [0.29, 0.717) is 6.04 Å². The highest BCUT2D eigenvalue weighted by atomic mass is 19.1. The molecule has 0 saturated heterocycles. The lowest BCUT2D eigenvalue weighted by atomic mass is 9.79. The highest BCUT2D eigenvalue weighted by Crippen LogP contribution is 2.27. The van der Waals surface area contributed by atoms with E-state index in [1.54, 1.807) is 12.1 Å². The Bertz CT molecular complexity index is 333. The first-order valence-electron chi connectivity index (χ1n) is 5.91. The maximum atomic E-state index is 13.1. The SMILES string of the molecule is CCC(C)(C)C(Cc1cccc(F)c1)NC. The largest absolute Gasteiger partial charge is 0.316 e. The van der Waals surface area contributed by atoms with Crippen molar-refractivity contribution in [3.05, 3.63) is 35.6 Å². The Morgan fingerprint density at radius 3 is 2.56 bits per heavy atom. The van der Waals surface area contributed by atoms with Gasteiger partial charge in [0.2, 0.25) is 0 Å². The highest BCUT2D eigenvalue weighted by molar-refractivity contribution is 5.18. The molecule has 1 atom stereocenters. The molecule has 0 bridgehead atoms. The number of nitrogens with one attached hydrogen (secondary N) is 1. The van der Waals surface area contributed by atoms with Crippen LogP contribution in [-0.2, 0) is 6.42 Å². The van der Waals surface area contributed by atoms with E-state index in [-0.39, 0.29) is 11.2 Å². The van der Waals surface area contributed by atoms with Crippen molar-refractivity contribution in [2.75, 3.05) is 7.05 Å². The molecule has 0 aliphatic heterocycles. The standard InChI is InChI=1S/C14H22FN/c1-5-14(2,3)13(16-4)10-11-7-6-8-12(15)9-11/h6-9,13,16H,5,10H2,1-4H3. The highest BCUT2D eigenvalue weighted by Gasteiger charge is 2.26. The van der Waals surface area contributed by atoms with Gasteiger partial charge in [-0.15, -0.1) is 0 Å². The van der Waals surface area contributed by atoms with Crippen LogP contribution < -0.4 is 5.32 Å². The smallest absolute Gasteiger partial charge is 0.123 e. The predicted molar refractivity (Wildman–Crippen MR) is 67.0 cm³/mol. The van der Waals surface area contributed by atoms with Crippen molar-refractivity contribution in [1.29, 1.82) is 0 Å². The third-order valence-corrected chi connectivity index (χ3v) is 3.53. The van der Waals surface area contributed by atoms with Gasteiger partial charge in [0.1, 0.15) is 5.82 Å². The lowest BCUT2D eigenvalue weighted by Crippen LogP contribution is -2.41. The first-order chi connectivity index (χ1) is 7.49. The molecule has 0 radical (unpaired) electrons. The number of rotatable bonds is 5. The molecule has 0 aliphatic carbocycles. The summed E-state index contributed by atoms with van der Waals surface area (Å²) in [4.78, 5) is 0. The van der Waals surface area contributed by atoms with Crippen molar-refractivity contribution in [3.8, 4) is 0 Å². The van der Waals surface area contributed by atoms with Crippen LogP contribution >= 0.6 is 0 Å². The number of halogens is 1. The Morgan fingerprint density at radius 2 is 2.06 bits per heavy atom. The van der Waals surface area contributed by atoms with E-state index in [0.717, 1.165) is 18.4 Å². The van der Waals surface area contributed by atoms with Gasteiger partial charge in [-0.2, -0.15) is 0 Å². The third kappa shape index (κ3) is 3.31. The van der Waals surface area contributed by atoms with Gasteiger partial charge in [-0.25, -0.2) is 4.39 Å². The van der Waals surface area contributed by atoms with E-state index in [1.807, 2.05) is 13.1 Å². The second kappa shape index (κ2) is 5.44. The van der Waals surface area contributed by atoms with Crippen LogP contribution in [0.1, 0.15) is 32.8 Å². The fourth-order valence-electron chi connectivity index (χ4n) is 1.92. The van der Waals surface area contributed by atoms with E-state index in [9.17, 15) is 4.39 Å². The average molecular weight is 223 g/mol. The summed E-state index contributed by atoms with van der Waals surface area (Å²) in [5, 5.41) is 3.34. The predicted octanol–water partition coefficient (Wildman–Crippen LogP) is 3.39. The van der Waals surface area contributed by atoms with Crippen molar-refractivity contribution in [1.82, 2.24) is 5.32 Å². The van der Waals surface area contributed by atoms with Gasteiger partial charge in [0.05, 0.1) is 0 Å². The van der Waals surface area contributed by atoms with Gasteiger partial charge < -0.3 is 5.32 Å². The van der Waals surface area contributed by atoms with E-state index in [2.05, 4.69) is 26.1 Å². The third-order valence-electron chi connectivity index (χ3n) is 3.53. The van der Waals surface area contributed by atoms with Crippen LogP contribution in [0.5, 0.6) is 0 Å². The zero-order chi connectivity index (χ0) is 12.2. The van der Waals surface area contributed by atoms with Crippen LogP contribution in [0, 0.1) is 11.2 Å². The molecule has 1 rings (SSSR count). The maximum absolute atomic E-state index is 13.1. The molecule has 1 aromatic rings. The summed E-state index contributed by atoms with van der Waals surface area (Å²) in [6.07, 6.45) is 1.98. The monoisotopic (exact) mass is 223 g/mol. The fraction of sp³-hybridized carbons (Fsp3) is 0.571. The summed E-state index contributed by atoms with van der Waals surface area (Å²) in [6.45, 7) is 6.68. The van der Waals surface area contributed by atoms with E-state index in [4.69, 9.17) is 0 Å². The minimum Gasteiger partial charge on any atom is -0.316 e. The molecule has 0 aliphatic rings. The Kier molecular flexibility index (Phi) is 4.48. The first-order valence-corrected chi connectivity index (χ1v) is 5.91. The number of hydrogen-bond donors (Lipinski definition) is 1. The number of hydrogen-bond acceptors (Lipinski definition) is 1. The molecule has 1 nitrogen and oxygen atoms in total. The molecule has 1 aromatic carbocycles. The molecular formula is C14H22FN. The van der Waals surface area contributed by atoms with Gasteiger partial charge in [-0.3, -0.25) is 0 Å². The summed E-state index contributed by atoms with van der Waals surface area (Å²) in [6, 6.07) is 7.24. The molecule has 0 fully saturated rings. The summed E-state index contributed by atoms with van der Waals surface area (Å²) < 4.78 is 13.1. The summed E-state index contributed by atoms with van der Waals surface area (Å²) in [5.74, 6) is -0.151. The van der Waals surface area contributed by atoms with Crippen molar-refractivity contribution in [3.63, 3.8) is 0 Å². The molecule has 0 heterocycles. The Labute approximate surface area is 98.1 Å². The zero-order valence-corrected chi connectivity index (χ0v) is 10.7. The molecule has 0 aromatic heterocycles. The minimum absolute atomic E-state index is 0.151. The molecule has 0 saturated carbocycles. The van der Waals surface area contributed by atoms with E-state index < -0.39 is 0 Å². The molecular weight excluding hydrogens is 201 g/mol. The van der Waals surface area contributed by atoms with Crippen molar-refractivity contribution in [2.45, 2.75) is 39.7 Å². The van der Waals surface area contributed by atoms with Crippen molar-refractivity contribution < 1.29 is 4.39 Å². The van der Waals surface area contributed by atoms with Crippen LogP contribution in [0.3, 0.4) is 0 Å². The second-order valence-corrected chi connectivity index (χ2v) is 5.02. The quantitative estimate of drug-likeness (QED) is 0.806. The van der Waals surface area contributed by atoms with Crippen molar-refractivity contribution in [2.24, 2.45) is 5.41 Å².